The highest BCUT2D eigenvalue weighted by molar-refractivity contribution is 6.24. The molecule has 0 radical (unpaired) electrons. The zero-order valence-corrected chi connectivity index (χ0v) is 36.8. The van der Waals surface area contributed by atoms with E-state index in [0.29, 0.717) is 54.5 Å². The van der Waals surface area contributed by atoms with Gasteiger partial charge in [-0.3, -0.25) is 24.0 Å². The number of alkyl carbamates (subject to hydrolysis) is 1. The van der Waals surface area contributed by atoms with E-state index >= 15 is 0 Å². The number of aromatic nitrogens is 1. The Hall–Kier alpha value is -5.59. The maximum absolute atomic E-state index is 14.5. The molecule has 3 N–H and O–H groups in total. The molecule has 4 amide bonds. The topological polar surface area (TPSA) is 173 Å². The predicted octanol–water partition coefficient (Wildman–Crippen LogP) is 6.16. The number of rotatable bonds is 17. The number of carbonyl (C=O) groups is 6. The summed E-state index contributed by atoms with van der Waals surface area (Å²) in [5.74, 6) is -1.61. The van der Waals surface area contributed by atoms with E-state index < -0.39 is 41.6 Å². The van der Waals surface area contributed by atoms with Gasteiger partial charge in [0.1, 0.15) is 24.3 Å². The molecule has 0 bridgehead atoms. The van der Waals surface area contributed by atoms with Gasteiger partial charge >= 0.3 is 6.09 Å². The fourth-order valence-corrected chi connectivity index (χ4v) is 7.23. The smallest absolute Gasteiger partial charge is 0.408 e. The molecule has 60 heavy (non-hydrogen) atoms. The molecule has 1 saturated heterocycles. The summed E-state index contributed by atoms with van der Waals surface area (Å²) in [6, 6.07) is 10.6. The SMILES string of the molecule is CC1=C(C)C(=O)C(COc2ccc(C[C@H](NC(=O)[C@@H]3CCCN3C(=O)[C@H](/C=C/[C@H](CC(C)C)NC(=O)OC(C)(C)C)Cc3ccccc3)C(=O)NC(C)C)cn2)=C(C)C1=O. The molecule has 4 rings (SSSR count). The number of carbonyl (C=O) groups excluding carboxylic acids is 6. The van der Waals surface area contributed by atoms with E-state index in [9.17, 15) is 28.8 Å². The predicted molar refractivity (Wildman–Crippen MR) is 230 cm³/mol. The summed E-state index contributed by atoms with van der Waals surface area (Å²) in [4.78, 5) is 86.3. The van der Waals surface area contributed by atoms with Crippen molar-refractivity contribution in [1.29, 1.82) is 0 Å². The lowest BCUT2D eigenvalue weighted by atomic mass is 9.86. The molecule has 13 nitrogen and oxygen atoms in total. The molecule has 0 saturated carbocycles. The average molecular weight is 826 g/mol. The maximum Gasteiger partial charge on any atom is 0.408 e. The molecule has 13 heteroatoms. The monoisotopic (exact) mass is 825 g/mol. The van der Waals surface area contributed by atoms with E-state index in [2.05, 4.69) is 34.8 Å². The van der Waals surface area contributed by atoms with Crippen LogP contribution in [-0.2, 0) is 41.6 Å². The number of benzene rings is 1. The number of ether oxygens (including phenoxy) is 2. The number of nitrogens with one attached hydrogen (secondary N) is 3. The number of pyridine rings is 1. The minimum absolute atomic E-state index is 0.111. The molecular weight excluding hydrogens is 763 g/mol. The Labute approximate surface area is 354 Å². The highest BCUT2D eigenvalue weighted by Gasteiger charge is 2.38. The molecule has 2 aliphatic rings. The molecule has 0 spiro atoms. The molecule has 2 aromatic rings. The van der Waals surface area contributed by atoms with Crippen molar-refractivity contribution in [2.75, 3.05) is 13.2 Å². The second-order valence-electron chi connectivity index (χ2n) is 17.5. The molecule has 0 unspecified atom stereocenters. The van der Waals surface area contributed by atoms with Crippen LogP contribution in [0.15, 0.2) is 83.1 Å². The molecule has 1 aromatic carbocycles. The number of Topliss-reactive ketones (excluding diaryl/α,β-unsaturated/α-hetero) is 2. The Morgan fingerprint density at radius 2 is 1.53 bits per heavy atom. The highest BCUT2D eigenvalue weighted by Crippen LogP contribution is 2.26. The minimum atomic E-state index is -0.974. The van der Waals surface area contributed by atoms with Gasteiger partial charge in [-0.1, -0.05) is 62.4 Å². The summed E-state index contributed by atoms with van der Waals surface area (Å²) in [5, 5.41) is 8.78. The molecule has 324 valence electrons. The zero-order chi connectivity index (χ0) is 44.3. The number of hydrogen-bond donors (Lipinski definition) is 3. The highest BCUT2D eigenvalue weighted by atomic mass is 16.6. The molecule has 1 fully saturated rings. The lowest BCUT2D eigenvalue weighted by Crippen LogP contribution is -2.55. The van der Waals surface area contributed by atoms with Crippen molar-refractivity contribution in [3.63, 3.8) is 0 Å². The largest absolute Gasteiger partial charge is 0.473 e. The van der Waals surface area contributed by atoms with Crippen LogP contribution in [0.2, 0.25) is 0 Å². The summed E-state index contributed by atoms with van der Waals surface area (Å²) in [6.45, 7) is 18.3. The zero-order valence-electron chi connectivity index (χ0n) is 36.8. The van der Waals surface area contributed by atoms with Crippen molar-refractivity contribution in [1.82, 2.24) is 25.8 Å². The van der Waals surface area contributed by atoms with Gasteiger partial charge in [-0.15, -0.1) is 0 Å². The Morgan fingerprint density at radius 3 is 2.15 bits per heavy atom. The second-order valence-corrected chi connectivity index (χ2v) is 17.5. The number of allylic oxidation sites excluding steroid dienone is 3. The van der Waals surface area contributed by atoms with Crippen molar-refractivity contribution in [2.24, 2.45) is 11.8 Å². The fourth-order valence-electron chi connectivity index (χ4n) is 7.23. The van der Waals surface area contributed by atoms with Crippen LogP contribution < -0.4 is 20.7 Å². The third-order valence-corrected chi connectivity index (χ3v) is 10.4. The van der Waals surface area contributed by atoms with E-state index in [1.54, 1.807) is 58.6 Å². The standard InChI is InChI=1S/C47H63N5O8/c1-28(2)23-36(50-46(58)60-47(8,9)10)20-19-35(24-33-15-12-11-13-16-33)45(57)52-22-14-17-39(52)44(56)51-38(43(55)49-29(3)4)25-34-18-21-40(48-26-34)59-27-37-32(7)41(53)30(5)31(6)42(37)54/h11-13,15-16,18-21,26,28-29,35-36,38-39H,14,17,22-25,27H2,1-10H3,(H,49,55)(H,50,58)(H,51,56)/b20-19+/t35-,36-,38+,39+/m1/s1. The van der Waals surface area contributed by atoms with E-state index in [4.69, 9.17) is 9.47 Å². The van der Waals surface area contributed by atoms with Crippen molar-refractivity contribution >= 4 is 35.4 Å². The summed E-state index contributed by atoms with van der Waals surface area (Å²) < 4.78 is 11.3. The van der Waals surface area contributed by atoms with Crippen LogP contribution in [0.5, 0.6) is 5.88 Å². The van der Waals surface area contributed by atoms with Crippen molar-refractivity contribution in [3.05, 3.63) is 94.2 Å². The number of likely N-dealkylation sites (tertiary alicyclic amines) is 1. The fraction of sp³-hybridized carbons (Fsp3) is 0.511. The van der Waals surface area contributed by atoms with Crippen LogP contribution in [-0.4, -0.2) is 88.2 Å². The summed E-state index contributed by atoms with van der Waals surface area (Å²) in [5.41, 5.74) is 2.38. The van der Waals surface area contributed by atoms with Crippen LogP contribution in [0.4, 0.5) is 4.79 Å². The van der Waals surface area contributed by atoms with Crippen LogP contribution in [0.25, 0.3) is 0 Å². The Morgan fingerprint density at radius 1 is 0.850 bits per heavy atom. The van der Waals surface area contributed by atoms with Gasteiger partial charge in [0.25, 0.3) is 0 Å². The Bertz CT molecular complexity index is 1980. The summed E-state index contributed by atoms with van der Waals surface area (Å²) >= 11 is 0. The second kappa shape index (κ2) is 21.1. The van der Waals surface area contributed by atoms with Gasteiger partial charge < -0.3 is 30.3 Å². The lowest BCUT2D eigenvalue weighted by molar-refractivity contribution is -0.141. The van der Waals surface area contributed by atoms with Crippen LogP contribution >= 0.6 is 0 Å². The van der Waals surface area contributed by atoms with Gasteiger partial charge in [0.15, 0.2) is 11.6 Å². The maximum atomic E-state index is 14.5. The average Bonchev–Trinajstić information content (AvgIpc) is 3.67. The van der Waals surface area contributed by atoms with E-state index in [-0.39, 0.29) is 59.8 Å². The van der Waals surface area contributed by atoms with Gasteiger partial charge in [0.2, 0.25) is 23.6 Å². The summed E-state index contributed by atoms with van der Waals surface area (Å²) in [7, 11) is 0. The third kappa shape index (κ3) is 13.5. The normalized spacial score (nSPS) is 17.6. The van der Waals surface area contributed by atoms with Crippen LogP contribution in [0, 0.1) is 11.8 Å². The molecule has 1 aromatic heterocycles. The first-order valence-electron chi connectivity index (χ1n) is 20.9. The molecule has 1 aliphatic heterocycles. The van der Waals surface area contributed by atoms with Crippen molar-refractivity contribution in [3.8, 4) is 5.88 Å². The number of amides is 4. The number of ketones is 2. The lowest BCUT2D eigenvalue weighted by Gasteiger charge is -2.29. The quantitative estimate of drug-likeness (QED) is 0.125. The Balaban J connectivity index is 1.51. The minimum Gasteiger partial charge on any atom is -0.473 e. The molecular formula is C47H63N5O8. The van der Waals surface area contributed by atoms with Crippen LogP contribution in [0.3, 0.4) is 0 Å². The van der Waals surface area contributed by atoms with E-state index in [1.807, 2.05) is 56.3 Å². The van der Waals surface area contributed by atoms with Crippen molar-refractivity contribution < 1.29 is 38.2 Å². The number of hydrogen-bond acceptors (Lipinski definition) is 9. The third-order valence-electron chi connectivity index (χ3n) is 10.4. The van der Waals surface area contributed by atoms with Gasteiger partial charge in [-0.25, -0.2) is 9.78 Å². The first kappa shape index (κ1) is 47.1. The Kier molecular flexibility index (Phi) is 16.6. The molecule has 4 atom stereocenters. The van der Waals surface area contributed by atoms with Crippen molar-refractivity contribution in [2.45, 2.75) is 131 Å². The van der Waals surface area contributed by atoms with Gasteiger partial charge in [-0.05, 0) is 98.1 Å². The first-order chi connectivity index (χ1) is 28.2. The van der Waals surface area contributed by atoms with Gasteiger partial charge in [0.05, 0.1) is 12.0 Å². The van der Waals surface area contributed by atoms with Gasteiger partial charge in [0, 0.05) is 53.6 Å². The van der Waals surface area contributed by atoms with Crippen LogP contribution in [0.1, 0.15) is 99.6 Å². The van der Waals surface area contributed by atoms with E-state index in [0.717, 1.165) is 5.56 Å². The first-order valence-corrected chi connectivity index (χ1v) is 20.9. The molecule has 1 aliphatic carbocycles. The van der Waals surface area contributed by atoms with E-state index in [1.165, 1.54) is 6.20 Å². The molecule has 2 heterocycles. The number of nitrogens with zero attached hydrogens (tertiary/aromatic N) is 2. The van der Waals surface area contributed by atoms with Gasteiger partial charge in [-0.2, -0.15) is 0 Å². The summed E-state index contributed by atoms with van der Waals surface area (Å²) in [6.07, 6.45) is 6.84.